The second-order valence-electron chi connectivity index (χ2n) is 6.03. The fourth-order valence-electron chi connectivity index (χ4n) is 1.97. The summed E-state index contributed by atoms with van der Waals surface area (Å²) in [6, 6.07) is 0. The van der Waals surface area contributed by atoms with Crippen molar-refractivity contribution in [1.29, 1.82) is 0 Å². The van der Waals surface area contributed by atoms with E-state index in [0.29, 0.717) is 99.1 Å². The molecule has 0 rings (SSSR count). The van der Waals surface area contributed by atoms with Crippen LogP contribution in [0.1, 0.15) is 0 Å². The standard InChI is InChI=1S/C20H39IO11/c21-1-2-24-3-4-25-5-6-26-7-8-27-9-10-28-11-12-29-13-14-30-15-16-31-17-18-32-19-20(22)23/h1-19H2,(H,22,23). The minimum atomic E-state index is -0.991. The molecular weight excluding hydrogens is 543 g/mol. The molecule has 0 heterocycles. The lowest BCUT2D eigenvalue weighted by Gasteiger charge is -2.08. The Bertz CT molecular complexity index is 377. The lowest BCUT2D eigenvalue weighted by Crippen LogP contribution is -2.15. The number of ether oxygens (including phenoxy) is 9. The molecular formula is C20H39IO11. The van der Waals surface area contributed by atoms with Crippen molar-refractivity contribution >= 4 is 28.6 Å². The minimum Gasteiger partial charge on any atom is -0.480 e. The molecule has 11 nitrogen and oxygen atoms in total. The molecule has 0 bridgehead atoms. The zero-order valence-electron chi connectivity index (χ0n) is 18.8. The summed E-state index contributed by atoms with van der Waals surface area (Å²) < 4.78 is 48.7. The first kappa shape index (κ1) is 31.8. The highest BCUT2D eigenvalue weighted by molar-refractivity contribution is 14.1. The first-order chi connectivity index (χ1) is 15.8. The van der Waals surface area contributed by atoms with Gasteiger partial charge in [-0.3, -0.25) is 0 Å². The Hall–Kier alpha value is -0.160. The Balaban J connectivity index is 3.00. The molecule has 0 saturated carbocycles. The number of aliphatic carboxylic acids is 1. The molecule has 0 amide bonds. The Labute approximate surface area is 204 Å². The summed E-state index contributed by atoms with van der Waals surface area (Å²) in [6.45, 7) is 8.24. The van der Waals surface area contributed by atoms with Gasteiger partial charge in [-0.25, -0.2) is 4.79 Å². The Morgan fingerprint density at radius 2 is 0.656 bits per heavy atom. The monoisotopic (exact) mass is 582 g/mol. The van der Waals surface area contributed by atoms with Crippen LogP contribution < -0.4 is 0 Å². The van der Waals surface area contributed by atoms with Crippen LogP contribution >= 0.6 is 22.6 Å². The number of halogens is 1. The molecule has 0 radical (unpaired) electrons. The summed E-state index contributed by atoms with van der Waals surface area (Å²) in [4.78, 5) is 10.2. The van der Waals surface area contributed by atoms with Crippen LogP contribution in [-0.4, -0.2) is 134 Å². The minimum absolute atomic E-state index is 0.249. The summed E-state index contributed by atoms with van der Waals surface area (Å²) in [7, 11) is 0. The molecule has 0 aliphatic rings. The van der Waals surface area contributed by atoms with E-state index in [9.17, 15) is 4.79 Å². The highest BCUT2D eigenvalue weighted by Crippen LogP contribution is 1.87. The molecule has 0 aliphatic carbocycles. The number of hydrogen-bond donors (Lipinski definition) is 1. The second-order valence-corrected chi connectivity index (χ2v) is 7.11. The zero-order valence-corrected chi connectivity index (χ0v) is 21.0. The van der Waals surface area contributed by atoms with E-state index in [-0.39, 0.29) is 13.2 Å². The van der Waals surface area contributed by atoms with Crippen LogP contribution in [0.5, 0.6) is 0 Å². The molecule has 0 aromatic rings. The van der Waals surface area contributed by atoms with Gasteiger partial charge in [0.25, 0.3) is 0 Å². The number of carboxylic acid groups (broad SMARTS) is 1. The first-order valence-corrected chi connectivity index (χ1v) is 12.3. The van der Waals surface area contributed by atoms with Gasteiger partial charge in [0.15, 0.2) is 0 Å². The molecule has 0 atom stereocenters. The van der Waals surface area contributed by atoms with Crippen molar-refractivity contribution in [3.63, 3.8) is 0 Å². The summed E-state index contributed by atoms with van der Waals surface area (Å²) in [5.41, 5.74) is 0. The number of rotatable bonds is 28. The molecule has 0 unspecified atom stereocenters. The number of hydrogen-bond acceptors (Lipinski definition) is 10. The Morgan fingerprint density at radius 3 is 0.875 bits per heavy atom. The van der Waals surface area contributed by atoms with Crippen LogP contribution in [-0.2, 0) is 47.4 Å². The molecule has 0 fully saturated rings. The summed E-state index contributed by atoms with van der Waals surface area (Å²) in [6.07, 6.45) is 0. The highest BCUT2D eigenvalue weighted by Gasteiger charge is 1.97. The molecule has 192 valence electrons. The molecule has 0 aromatic heterocycles. The predicted molar refractivity (Wildman–Crippen MR) is 124 cm³/mol. The largest absolute Gasteiger partial charge is 0.480 e. The highest BCUT2D eigenvalue weighted by atomic mass is 127. The van der Waals surface area contributed by atoms with E-state index in [1.54, 1.807) is 0 Å². The van der Waals surface area contributed by atoms with Crippen molar-refractivity contribution in [2.75, 3.05) is 123 Å². The van der Waals surface area contributed by atoms with Gasteiger partial charge in [0.05, 0.1) is 112 Å². The van der Waals surface area contributed by atoms with E-state index < -0.39 is 5.97 Å². The number of carbonyl (C=O) groups is 1. The molecule has 0 spiro atoms. The smallest absolute Gasteiger partial charge is 0.329 e. The van der Waals surface area contributed by atoms with Gasteiger partial charge in [-0.2, -0.15) is 0 Å². The summed E-state index contributed by atoms with van der Waals surface area (Å²) >= 11 is 2.27. The fourth-order valence-corrected chi connectivity index (χ4v) is 2.28. The van der Waals surface area contributed by atoms with Crippen LogP contribution in [0.3, 0.4) is 0 Å². The third-order valence-corrected chi connectivity index (χ3v) is 3.86. The van der Waals surface area contributed by atoms with Crippen molar-refractivity contribution in [3.05, 3.63) is 0 Å². The molecule has 0 aliphatic heterocycles. The predicted octanol–water partition coefficient (Wildman–Crippen LogP) is 0.655. The maximum atomic E-state index is 10.2. The maximum Gasteiger partial charge on any atom is 0.329 e. The average Bonchev–Trinajstić information content (AvgIpc) is 2.78. The van der Waals surface area contributed by atoms with Crippen molar-refractivity contribution < 1.29 is 52.5 Å². The van der Waals surface area contributed by atoms with E-state index in [1.807, 2.05) is 0 Å². The van der Waals surface area contributed by atoms with E-state index >= 15 is 0 Å². The lowest BCUT2D eigenvalue weighted by atomic mass is 10.6. The van der Waals surface area contributed by atoms with Crippen LogP contribution in [0, 0.1) is 0 Å². The van der Waals surface area contributed by atoms with Gasteiger partial charge in [-0.15, -0.1) is 0 Å². The number of alkyl halides is 1. The first-order valence-electron chi connectivity index (χ1n) is 10.7. The van der Waals surface area contributed by atoms with Crippen LogP contribution in [0.25, 0.3) is 0 Å². The molecule has 32 heavy (non-hydrogen) atoms. The third-order valence-electron chi connectivity index (χ3n) is 3.42. The molecule has 0 aromatic carbocycles. The van der Waals surface area contributed by atoms with Crippen LogP contribution in [0.4, 0.5) is 0 Å². The van der Waals surface area contributed by atoms with Gasteiger partial charge in [0.1, 0.15) is 6.61 Å². The van der Waals surface area contributed by atoms with Crippen molar-refractivity contribution in [1.82, 2.24) is 0 Å². The third kappa shape index (κ3) is 29.8. The van der Waals surface area contributed by atoms with Crippen LogP contribution in [0.15, 0.2) is 0 Å². The number of carboxylic acids is 1. The van der Waals surface area contributed by atoms with Gasteiger partial charge >= 0.3 is 5.97 Å². The zero-order chi connectivity index (χ0) is 23.4. The van der Waals surface area contributed by atoms with Gasteiger partial charge in [-0.1, -0.05) is 22.6 Å². The van der Waals surface area contributed by atoms with Crippen LogP contribution in [0.2, 0.25) is 0 Å². The van der Waals surface area contributed by atoms with Crippen molar-refractivity contribution in [2.45, 2.75) is 0 Å². The van der Waals surface area contributed by atoms with E-state index in [2.05, 4.69) is 22.6 Å². The van der Waals surface area contributed by atoms with Gasteiger partial charge in [-0.05, 0) is 0 Å². The Kier molecular flexibility index (Phi) is 28.7. The average molecular weight is 582 g/mol. The summed E-state index contributed by atoms with van der Waals surface area (Å²) in [5.74, 6) is -0.991. The maximum absolute atomic E-state index is 10.2. The SMILES string of the molecule is O=C(O)COCCOCCOCCOCCOCCOCCOCCOCCOCCI. The van der Waals surface area contributed by atoms with E-state index in [1.165, 1.54) is 0 Å². The molecule has 0 saturated heterocycles. The lowest BCUT2D eigenvalue weighted by molar-refractivity contribution is -0.142. The van der Waals surface area contributed by atoms with Gasteiger partial charge in [0, 0.05) is 4.43 Å². The van der Waals surface area contributed by atoms with Gasteiger partial charge in [0.2, 0.25) is 0 Å². The Morgan fingerprint density at radius 1 is 0.438 bits per heavy atom. The normalized spacial score (nSPS) is 11.3. The fraction of sp³-hybridized carbons (Fsp3) is 0.950. The van der Waals surface area contributed by atoms with Crippen molar-refractivity contribution in [2.24, 2.45) is 0 Å². The summed E-state index contributed by atoms with van der Waals surface area (Å²) in [5, 5.41) is 8.39. The van der Waals surface area contributed by atoms with Gasteiger partial charge < -0.3 is 47.7 Å². The van der Waals surface area contributed by atoms with E-state index in [0.717, 1.165) is 11.0 Å². The van der Waals surface area contributed by atoms with E-state index in [4.69, 9.17) is 47.7 Å². The molecule has 1 N–H and O–H groups in total. The quantitative estimate of drug-likeness (QED) is 0.0796. The second kappa shape index (κ2) is 28.9. The topological polar surface area (TPSA) is 120 Å². The molecule has 12 heteroatoms. The van der Waals surface area contributed by atoms with Crippen molar-refractivity contribution in [3.8, 4) is 0 Å².